The highest BCUT2D eigenvalue weighted by molar-refractivity contribution is 6.34. The summed E-state index contributed by atoms with van der Waals surface area (Å²) in [5.74, 6) is 0.492. The standard InChI is InChI=1S/C13H16Cl2N2O2.ClH/c1-9(13(18)17-4-2-16-3-5-17)19-12-7-10(14)6-11(15)8-12;/h6-9,16H,2-5H2,1H3;1H. The maximum absolute atomic E-state index is 12.2. The quantitative estimate of drug-likeness (QED) is 0.920. The van der Waals surface area contributed by atoms with Gasteiger partial charge in [0, 0.05) is 36.2 Å². The van der Waals surface area contributed by atoms with Crippen LogP contribution in [0.5, 0.6) is 5.75 Å². The van der Waals surface area contributed by atoms with E-state index in [1.54, 1.807) is 30.0 Å². The van der Waals surface area contributed by atoms with E-state index in [1.807, 2.05) is 0 Å². The Bertz CT molecular complexity index is 445. The minimum Gasteiger partial charge on any atom is -0.481 e. The van der Waals surface area contributed by atoms with Crippen molar-refractivity contribution in [1.29, 1.82) is 0 Å². The minimum absolute atomic E-state index is 0. The van der Waals surface area contributed by atoms with Crippen LogP contribution in [0.1, 0.15) is 6.92 Å². The van der Waals surface area contributed by atoms with Crippen molar-refractivity contribution in [2.45, 2.75) is 13.0 Å². The molecule has 1 N–H and O–H groups in total. The zero-order chi connectivity index (χ0) is 13.8. The molecule has 7 heteroatoms. The van der Waals surface area contributed by atoms with Gasteiger partial charge in [-0.05, 0) is 25.1 Å². The fourth-order valence-corrected chi connectivity index (χ4v) is 2.50. The van der Waals surface area contributed by atoms with Crippen molar-refractivity contribution in [1.82, 2.24) is 10.2 Å². The number of carbonyl (C=O) groups excluding carboxylic acids is 1. The third-order valence-corrected chi connectivity index (χ3v) is 3.36. The molecule has 1 amide bonds. The van der Waals surface area contributed by atoms with Gasteiger partial charge >= 0.3 is 0 Å². The summed E-state index contributed by atoms with van der Waals surface area (Å²) in [5.41, 5.74) is 0. The summed E-state index contributed by atoms with van der Waals surface area (Å²) in [6.45, 7) is 4.80. The number of halogens is 3. The number of carbonyl (C=O) groups is 1. The SMILES string of the molecule is CC(Oc1cc(Cl)cc(Cl)c1)C(=O)N1CCNCC1.Cl. The molecule has 4 nitrogen and oxygen atoms in total. The Balaban J connectivity index is 0.00000200. The molecule has 0 bridgehead atoms. The molecule has 1 aliphatic rings. The van der Waals surface area contributed by atoms with Crippen LogP contribution >= 0.6 is 35.6 Å². The number of benzene rings is 1. The average molecular weight is 340 g/mol. The Morgan fingerprint density at radius 3 is 2.35 bits per heavy atom. The van der Waals surface area contributed by atoms with Crippen molar-refractivity contribution in [3.05, 3.63) is 28.2 Å². The molecule has 0 saturated carbocycles. The van der Waals surface area contributed by atoms with Crippen molar-refractivity contribution in [2.75, 3.05) is 26.2 Å². The topological polar surface area (TPSA) is 41.6 Å². The monoisotopic (exact) mass is 338 g/mol. The van der Waals surface area contributed by atoms with Gasteiger partial charge in [0.1, 0.15) is 5.75 Å². The largest absolute Gasteiger partial charge is 0.481 e. The molecular formula is C13H17Cl3N2O2. The molecule has 2 rings (SSSR count). The molecule has 1 fully saturated rings. The Kier molecular flexibility index (Phi) is 6.89. The lowest BCUT2D eigenvalue weighted by Crippen LogP contribution is -2.50. The van der Waals surface area contributed by atoms with Crippen LogP contribution in [0.2, 0.25) is 10.0 Å². The summed E-state index contributed by atoms with van der Waals surface area (Å²) in [7, 11) is 0. The van der Waals surface area contributed by atoms with Crippen molar-refractivity contribution in [3.63, 3.8) is 0 Å². The maximum atomic E-state index is 12.2. The van der Waals surface area contributed by atoms with Gasteiger partial charge in [0.25, 0.3) is 5.91 Å². The van der Waals surface area contributed by atoms with E-state index in [1.165, 1.54) is 0 Å². The lowest BCUT2D eigenvalue weighted by molar-refractivity contribution is -0.138. The first-order valence-corrected chi connectivity index (χ1v) is 6.94. The number of hydrogen-bond donors (Lipinski definition) is 1. The van der Waals surface area contributed by atoms with E-state index in [-0.39, 0.29) is 18.3 Å². The number of nitrogens with zero attached hydrogens (tertiary/aromatic N) is 1. The van der Waals surface area contributed by atoms with E-state index in [0.717, 1.165) is 13.1 Å². The maximum Gasteiger partial charge on any atom is 0.263 e. The van der Waals surface area contributed by atoms with E-state index in [9.17, 15) is 4.79 Å². The van der Waals surface area contributed by atoms with E-state index in [2.05, 4.69) is 5.32 Å². The van der Waals surface area contributed by atoms with Gasteiger partial charge in [0.05, 0.1) is 0 Å². The smallest absolute Gasteiger partial charge is 0.263 e. The zero-order valence-electron chi connectivity index (χ0n) is 11.1. The molecule has 0 aromatic heterocycles. The molecule has 0 aliphatic carbocycles. The number of amides is 1. The fourth-order valence-electron chi connectivity index (χ4n) is 1.99. The summed E-state index contributed by atoms with van der Waals surface area (Å²) in [5, 5.41) is 4.18. The van der Waals surface area contributed by atoms with E-state index < -0.39 is 6.10 Å². The van der Waals surface area contributed by atoms with E-state index >= 15 is 0 Å². The zero-order valence-corrected chi connectivity index (χ0v) is 13.4. The van der Waals surface area contributed by atoms with Crippen LogP contribution in [0.15, 0.2) is 18.2 Å². The van der Waals surface area contributed by atoms with Crippen LogP contribution in [0, 0.1) is 0 Å². The molecule has 1 atom stereocenters. The predicted octanol–water partition coefficient (Wildman–Crippen LogP) is 2.61. The Hall–Kier alpha value is -0.680. The second-order valence-corrected chi connectivity index (χ2v) is 5.31. The Morgan fingerprint density at radius 2 is 1.80 bits per heavy atom. The molecule has 0 radical (unpaired) electrons. The molecule has 1 aromatic carbocycles. The molecule has 1 heterocycles. The normalized spacial score (nSPS) is 16.2. The number of rotatable bonds is 3. The molecule has 1 saturated heterocycles. The van der Waals surface area contributed by atoms with Crippen LogP contribution < -0.4 is 10.1 Å². The molecule has 1 aromatic rings. The predicted molar refractivity (Wildman–Crippen MR) is 83.2 cm³/mol. The highest BCUT2D eigenvalue weighted by Crippen LogP contribution is 2.25. The molecule has 1 unspecified atom stereocenters. The van der Waals surface area contributed by atoms with E-state index in [4.69, 9.17) is 27.9 Å². The van der Waals surface area contributed by atoms with Gasteiger partial charge < -0.3 is 15.0 Å². The first-order valence-electron chi connectivity index (χ1n) is 6.18. The van der Waals surface area contributed by atoms with Gasteiger partial charge in [0.2, 0.25) is 0 Å². The van der Waals surface area contributed by atoms with E-state index in [0.29, 0.717) is 28.9 Å². The van der Waals surface area contributed by atoms with Crippen LogP contribution in [0.25, 0.3) is 0 Å². The third-order valence-electron chi connectivity index (χ3n) is 2.93. The van der Waals surface area contributed by atoms with Gasteiger partial charge in [-0.3, -0.25) is 4.79 Å². The van der Waals surface area contributed by atoms with Crippen molar-refractivity contribution < 1.29 is 9.53 Å². The van der Waals surface area contributed by atoms with Gasteiger partial charge in [-0.2, -0.15) is 0 Å². The van der Waals surface area contributed by atoms with Gasteiger partial charge in [-0.15, -0.1) is 12.4 Å². The highest BCUT2D eigenvalue weighted by Gasteiger charge is 2.23. The van der Waals surface area contributed by atoms with Gasteiger partial charge in [-0.25, -0.2) is 0 Å². The molecule has 20 heavy (non-hydrogen) atoms. The lowest BCUT2D eigenvalue weighted by atomic mass is 10.2. The summed E-state index contributed by atoms with van der Waals surface area (Å²) >= 11 is 11.8. The van der Waals surface area contributed by atoms with Crippen molar-refractivity contribution in [2.24, 2.45) is 0 Å². The highest BCUT2D eigenvalue weighted by atomic mass is 35.5. The fraction of sp³-hybridized carbons (Fsp3) is 0.462. The van der Waals surface area contributed by atoms with Crippen molar-refractivity contribution in [3.8, 4) is 5.75 Å². The summed E-state index contributed by atoms with van der Waals surface area (Å²) in [6, 6.07) is 4.92. The first kappa shape index (κ1) is 17.4. The molecule has 112 valence electrons. The molecule has 1 aliphatic heterocycles. The second-order valence-electron chi connectivity index (χ2n) is 4.44. The number of ether oxygens (including phenoxy) is 1. The minimum atomic E-state index is -0.548. The second kappa shape index (κ2) is 7.93. The van der Waals surface area contributed by atoms with Crippen LogP contribution in [-0.2, 0) is 4.79 Å². The number of piperazine rings is 1. The summed E-state index contributed by atoms with van der Waals surface area (Å²) < 4.78 is 5.61. The lowest BCUT2D eigenvalue weighted by Gasteiger charge is -2.29. The third kappa shape index (κ3) is 4.70. The number of hydrogen-bond acceptors (Lipinski definition) is 3. The molecular weight excluding hydrogens is 323 g/mol. The van der Waals surface area contributed by atoms with Crippen LogP contribution in [0.3, 0.4) is 0 Å². The Labute approximate surface area is 134 Å². The van der Waals surface area contributed by atoms with Crippen LogP contribution in [-0.4, -0.2) is 43.1 Å². The summed E-state index contributed by atoms with van der Waals surface area (Å²) in [6.07, 6.45) is -0.548. The number of nitrogens with one attached hydrogen (secondary N) is 1. The van der Waals surface area contributed by atoms with Gasteiger partial charge in [0.15, 0.2) is 6.10 Å². The first-order chi connectivity index (χ1) is 9.06. The van der Waals surface area contributed by atoms with Crippen LogP contribution in [0.4, 0.5) is 0 Å². The average Bonchev–Trinajstić information content (AvgIpc) is 2.37. The molecule has 0 spiro atoms. The summed E-state index contributed by atoms with van der Waals surface area (Å²) in [4.78, 5) is 14.0. The Morgan fingerprint density at radius 1 is 1.25 bits per heavy atom. The van der Waals surface area contributed by atoms with Crippen molar-refractivity contribution >= 4 is 41.5 Å². The van der Waals surface area contributed by atoms with Gasteiger partial charge in [-0.1, -0.05) is 23.2 Å².